The molecule has 0 saturated carbocycles. The van der Waals surface area contributed by atoms with Crippen molar-refractivity contribution < 1.29 is 22.7 Å². The molecule has 0 spiro atoms. The highest BCUT2D eigenvalue weighted by atomic mass is 79.9. The van der Waals surface area contributed by atoms with Crippen LogP contribution in [0.5, 0.6) is 5.75 Å². The van der Waals surface area contributed by atoms with Crippen molar-refractivity contribution in [3.63, 3.8) is 0 Å². The van der Waals surface area contributed by atoms with E-state index in [-0.39, 0.29) is 24.8 Å². The summed E-state index contributed by atoms with van der Waals surface area (Å²) < 4.78 is 32.9. The minimum absolute atomic E-state index is 0.0116. The molecule has 160 valence electrons. The molecule has 1 heterocycles. The Morgan fingerprint density at radius 3 is 2.70 bits per heavy atom. The van der Waals surface area contributed by atoms with Crippen molar-refractivity contribution >= 4 is 54.8 Å². The molecule has 0 aromatic heterocycles. The van der Waals surface area contributed by atoms with Crippen molar-refractivity contribution in [1.82, 2.24) is 0 Å². The van der Waals surface area contributed by atoms with Gasteiger partial charge < -0.3 is 10.1 Å². The molecule has 2 aromatic carbocycles. The number of carbonyl (C=O) groups is 2. The Morgan fingerprint density at radius 1 is 1.23 bits per heavy atom. The molecule has 2 aromatic rings. The summed E-state index contributed by atoms with van der Waals surface area (Å²) in [5.74, 6) is -0.202. The van der Waals surface area contributed by atoms with Gasteiger partial charge in [0.15, 0.2) is 6.61 Å². The van der Waals surface area contributed by atoms with Gasteiger partial charge in [-0.1, -0.05) is 28.9 Å². The van der Waals surface area contributed by atoms with Gasteiger partial charge >= 0.3 is 0 Å². The SMILES string of the molecule is CCCS(=O)(=O)Nc1cccc(NC(=O)CN2C(=O)COc3cc(Br)ccc32)c1C. The van der Waals surface area contributed by atoms with E-state index in [2.05, 4.69) is 26.0 Å². The zero-order chi connectivity index (χ0) is 21.9. The average molecular weight is 496 g/mol. The molecule has 0 bridgehead atoms. The van der Waals surface area contributed by atoms with E-state index in [1.165, 1.54) is 4.90 Å². The predicted octanol–water partition coefficient (Wildman–Crippen LogP) is 3.27. The third-order valence-electron chi connectivity index (χ3n) is 4.51. The Bertz CT molecular complexity index is 1090. The highest BCUT2D eigenvalue weighted by Gasteiger charge is 2.27. The quantitative estimate of drug-likeness (QED) is 0.613. The number of hydrogen-bond donors (Lipinski definition) is 2. The number of rotatable bonds is 7. The van der Waals surface area contributed by atoms with Crippen LogP contribution >= 0.6 is 15.9 Å². The number of amides is 2. The second kappa shape index (κ2) is 9.05. The van der Waals surface area contributed by atoms with Crippen molar-refractivity contribution in [3.8, 4) is 5.75 Å². The maximum absolute atomic E-state index is 12.7. The first kappa shape index (κ1) is 22.1. The maximum atomic E-state index is 12.7. The molecule has 1 aliphatic heterocycles. The normalized spacial score (nSPS) is 13.4. The Labute approximate surface area is 183 Å². The van der Waals surface area contributed by atoms with Gasteiger partial charge in [0.2, 0.25) is 15.9 Å². The van der Waals surface area contributed by atoms with Crippen LogP contribution in [-0.2, 0) is 19.6 Å². The molecule has 0 atom stereocenters. The minimum atomic E-state index is -3.45. The molecule has 30 heavy (non-hydrogen) atoms. The van der Waals surface area contributed by atoms with Gasteiger partial charge in [0, 0.05) is 10.2 Å². The third-order valence-corrected chi connectivity index (χ3v) is 6.48. The Morgan fingerprint density at radius 2 is 1.97 bits per heavy atom. The lowest BCUT2D eigenvalue weighted by molar-refractivity contribution is -0.123. The van der Waals surface area contributed by atoms with Gasteiger partial charge in [-0.2, -0.15) is 0 Å². The standard InChI is InChI=1S/C20H22BrN3O5S/c1-3-9-30(27,28)23-16-6-4-5-15(13(16)2)22-19(25)11-24-17-8-7-14(21)10-18(17)29-12-20(24)26/h4-8,10,23H,3,9,11-12H2,1-2H3,(H,22,25). The van der Waals surface area contributed by atoms with E-state index < -0.39 is 15.9 Å². The molecule has 3 rings (SSSR count). The van der Waals surface area contributed by atoms with Crippen molar-refractivity contribution in [2.75, 3.05) is 33.8 Å². The molecule has 0 radical (unpaired) electrons. The first-order valence-corrected chi connectivity index (χ1v) is 11.8. The lowest BCUT2D eigenvalue weighted by Gasteiger charge is -2.29. The largest absolute Gasteiger partial charge is 0.482 e. The lowest BCUT2D eigenvalue weighted by atomic mass is 10.1. The number of sulfonamides is 1. The lowest BCUT2D eigenvalue weighted by Crippen LogP contribution is -2.43. The van der Waals surface area contributed by atoms with Gasteiger partial charge in [-0.15, -0.1) is 0 Å². The molecule has 0 fully saturated rings. The number of nitrogens with zero attached hydrogens (tertiary/aromatic N) is 1. The number of carbonyl (C=O) groups excluding carboxylic acids is 2. The summed E-state index contributed by atoms with van der Waals surface area (Å²) >= 11 is 3.35. The van der Waals surface area contributed by atoms with Crippen LogP contribution in [0.15, 0.2) is 40.9 Å². The summed E-state index contributed by atoms with van der Waals surface area (Å²) in [6.07, 6.45) is 0.496. The average Bonchev–Trinajstić information content (AvgIpc) is 2.67. The van der Waals surface area contributed by atoms with E-state index in [0.717, 1.165) is 4.47 Å². The molecule has 2 N–H and O–H groups in total. The smallest absolute Gasteiger partial charge is 0.265 e. The van der Waals surface area contributed by atoms with E-state index in [1.54, 1.807) is 50.2 Å². The number of nitrogens with one attached hydrogen (secondary N) is 2. The van der Waals surface area contributed by atoms with Crippen molar-refractivity contribution in [3.05, 3.63) is 46.4 Å². The minimum Gasteiger partial charge on any atom is -0.482 e. The summed E-state index contributed by atoms with van der Waals surface area (Å²) in [5, 5.41) is 2.76. The highest BCUT2D eigenvalue weighted by molar-refractivity contribution is 9.10. The van der Waals surface area contributed by atoms with Crippen LogP contribution in [0.2, 0.25) is 0 Å². The fourth-order valence-corrected chi connectivity index (χ4v) is 4.59. The molecular formula is C20H22BrN3O5S. The number of fused-ring (bicyclic) bond motifs is 1. The predicted molar refractivity (Wildman–Crippen MR) is 119 cm³/mol. The zero-order valence-electron chi connectivity index (χ0n) is 16.6. The van der Waals surface area contributed by atoms with E-state index in [1.807, 2.05) is 0 Å². The number of halogens is 1. The fraction of sp³-hybridized carbons (Fsp3) is 0.300. The molecule has 1 aliphatic rings. The van der Waals surface area contributed by atoms with Crippen LogP contribution in [0.1, 0.15) is 18.9 Å². The fourth-order valence-electron chi connectivity index (χ4n) is 3.05. The molecule has 0 saturated heterocycles. The number of anilines is 3. The molecule has 0 unspecified atom stereocenters. The first-order valence-electron chi connectivity index (χ1n) is 9.33. The summed E-state index contributed by atoms with van der Waals surface area (Å²) in [6, 6.07) is 10.2. The van der Waals surface area contributed by atoms with E-state index in [9.17, 15) is 18.0 Å². The van der Waals surface area contributed by atoms with Crippen molar-refractivity contribution in [2.24, 2.45) is 0 Å². The van der Waals surface area contributed by atoms with Gasteiger partial charge in [0.25, 0.3) is 5.91 Å². The van der Waals surface area contributed by atoms with Gasteiger partial charge in [0.1, 0.15) is 12.3 Å². The molecule has 2 amide bonds. The monoisotopic (exact) mass is 495 g/mol. The Hall–Kier alpha value is -2.59. The first-order chi connectivity index (χ1) is 14.2. The summed E-state index contributed by atoms with van der Waals surface area (Å²) in [7, 11) is -3.45. The highest BCUT2D eigenvalue weighted by Crippen LogP contribution is 2.34. The van der Waals surface area contributed by atoms with E-state index in [0.29, 0.717) is 34.8 Å². The molecule has 0 aliphatic carbocycles. The van der Waals surface area contributed by atoms with Crippen LogP contribution in [-0.4, -0.2) is 39.1 Å². The van der Waals surface area contributed by atoms with Crippen LogP contribution in [0.3, 0.4) is 0 Å². The van der Waals surface area contributed by atoms with E-state index >= 15 is 0 Å². The second-order valence-corrected chi connectivity index (χ2v) is 9.59. The van der Waals surface area contributed by atoms with Crippen molar-refractivity contribution in [2.45, 2.75) is 20.3 Å². The number of hydrogen-bond acceptors (Lipinski definition) is 5. The molecular weight excluding hydrogens is 474 g/mol. The summed E-state index contributed by atoms with van der Waals surface area (Å²) in [5.41, 5.74) is 1.97. The van der Waals surface area contributed by atoms with Crippen LogP contribution in [0.4, 0.5) is 17.1 Å². The van der Waals surface area contributed by atoms with Gasteiger partial charge in [0.05, 0.1) is 17.1 Å². The molecule has 10 heteroatoms. The summed E-state index contributed by atoms with van der Waals surface area (Å²) in [4.78, 5) is 26.3. The topological polar surface area (TPSA) is 105 Å². The maximum Gasteiger partial charge on any atom is 0.265 e. The van der Waals surface area contributed by atoms with Gasteiger partial charge in [-0.25, -0.2) is 8.42 Å². The summed E-state index contributed by atoms with van der Waals surface area (Å²) in [6.45, 7) is 3.16. The number of ether oxygens (including phenoxy) is 1. The van der Waals surface area contributed by atoms with Crippen LogP contribution in [0.25, 0.3) is 0 Å². The van der Waals surface area contributed by atoms with Crippen LogP contribution in [0, 0.1) is 6.92 Å². The molecule has 8 nitrogen and oxygen atoms in total. The van der Waals surface area contributed by atoms with Gasteiger partial charge in [-0.3, -0.25) is 19.2 Å². The second-order valence-electron chi connectivity index (χ2n) is 6.83. The van der Waals surface area contributed by atoms with Gasteiger partial charge in [-0.05, 0) is 49.2 Å². The number of benzene rings is 2. The van der Waals surface area contributed by atoms with Crippen LogP contribution < -0.4 is 19.7 Å². The van der Waals surface area contributed by atoms with E-state index in [4.69, 9.17) is 4.74 Å². The Kier molecular flexibility index (Phi) is 6.67. The zero-order valence-corrected chi connectivity index (χ0v) is 19.0. The third kappa shape index (κ3) is 5.11. The van der Waals surface area contributed by atoms with Crippen molar-refractivity contribution in [1.29, 1.82) is 0 Å². The Balaban J connectivity index is 1.76.